The molecule has 0 aliphatic rings. The number of aromatic nitrogens is 4. The fraction of sp³-hybridized carbons (Fsp3) is 0.444. The number of hydrogen-bond donors (Lipinski definition) is 6. The lowest BCUT2D eigenvalue weighted by molar-refractivity contribution is -0.143. The van der Waals surface area contributed by atoms with E-state index in [9.17, 15) is 34.2 Å². The summed E-state index contributed by atoms with van der Waals surface area (Å²) < 4.78 is 25.8. The molecule has 0 aliphatic heterocycles. The van der Waals surface area contributed by atoms with Crippen LogP contribution in [0.3, 0.4) is 0 Å². The van der Waals surface area contributed by atoms with Gasteiger partial charge < -0.3 is 55.6 Å². The van der Waals surface area contributed by atoms with Gasteiger partial charge in [-0.2, -0.15) is 19.9 Å². The van der Waals surface area contributed by atoms with E-state index < -0.39 is 47.5 Å². The molecule has 0 unspecified atom stereocenters. The third-order valence-corrected chi connectivity index (χ3v) is 9.12. The van der Waals surface area contributed by atoms with Crippen LogP contribution in [0, 0.1) is 27.7 Å². The van der Waals surface area contributed by atoms with Crippen LogP contribution in [0.25, 0.3) is 0 Å². The average molecular weight is 905 g/mol. The van der Waals surface area contributed by atoms with Crippen molar-refractivity contribution in [3.8, 4) is 23.5 Å². The molecule has 0 saturated heterocycles. The van der Waals surface area contributed by atoms with Gasteiger partial charge in [0.25, 0.3) is 11.8 Å². The third-order valence-electron chi connectivity index (χ3n) is 9.12. The summed E-state index contributed by atoms with van der Waals surface area (Å²) in [4.78, 5) is 78.2. The van der Waals surface area contributed by atoms with Gasteiger partial charge in [0.1, 0.15) is 29.2 Å². The highest BCUT2D eigenvalue weighted by Gasteiger charge is 2.27. The molecule has 0 aliphatic carbocycles. The number of carbonyl (C=O) groups is 5. The molecular formula is C45H60N8O12. The van der Waals surface area contributed by atoms with Gasteiger partial charge in [-0.1, -0.05) is 24.3 Å². The van der Waals surface area contributed by atoms with E-state index in [0.717, 1.165) is 17.5 Å². The van der Waals surface area contributed by atoms with Crippen molar-refractivity contribution in [2.75, 3.05) is 40.5 Å². The van der Waals surface area contributed by atoms with Crippen LogP contribution in [-0.4, -0.2) is 118 Å². The van der Waals surface area contributed by atoms with Crippen LogP contribution in [0.1, 0.15) is 88.2 Å². The highest BCUT2D eigenvalue weighted by Crippen LogP contribution is 2.18. The number of nitrogens with zero attached hydrogens (tertiary/aromatic N) is 4. The van der Waals surface area contributed by atoms with Crippen LogP contribution in [0.15, 0.2) is 48.5 Å². The maximum atomic E-state index is 12.9. The Hall–Kier alpha value is -7.09. The van der Waals surface area contributed by atoms with Gasteiger partial charge in [0, 0.05) is 6.54 Å². The molecule has 2 aromatic heterocycles. The second kappa shape index (κ2) is 25.3. The lowest BCUT2D eigenvalue weighted by Gasteiger charge is -2.22. The minimum absolute atomic E-state index is 0.0856. The van der Waals surface area contributed by atoms with E-state index in [1.54, 1.807) is 84.9 Å². The molecule has 2 aromatic carbocycles. The van der Waals surface area contributed by atoms with Gasteiger partial charge in [-0.3, -0.25) is 9.59 Å². The van der Waals surface area contributed by atoms with Gasteiger partial charge in [-0.25, -0.2) is 14.4 Å². The topological polar surface area (TPSA) is 286 Å². The highest BCUT2D eigenvalue weighted by atomic mass is 16.6. The van der Waals surface area contributed by atoms with Crippen LogP contribution < -0.4 is 31.2 Å². The Morgan fingerprint density at radius 2 is 1.06 bits per heavy atom. The first-order valence-electron chi connectivity index (χ1n) is 20.7. The summed E-state index contributed by atoms with van der Waals surface area (Å²) in [5, 5.41) is 26.6. The smallest absolute Gasteiger partial charge is 0.407 e. The molecule has 7 N–H and O–H groups in total. The van der Waals surface area contributed by atoms with Crippen LogP contribution in [0.5, 0.6) is 23.5 Å². The Morgan fingerprint density at radius 1 is 0.662 bits per heavy atom. The summed E-state index contributed by atoms with van der Waals surface area (Å²) in [7, 11) is 2.41. The summed E-state index contributed by atoms with van der Waals surface area (Å²) >= 11 is 0. The van der Waals surface area contributed by atoms with Gasteiger partial charge >= 0.3 is 30.1 Å². The van der Waals surface area contributed by atoms with Crippen molar-refractivity contribution in [1.82, 2.24) is 35.9 Å². The Morgan fingerprint density at radius 3 is 1.43 bits per heavy atom. The monoisotopic (exact) mass is 904 g/mol. The van der Waals surface area contributed by atoms with Gasteiger partial charge in [-0.15, -0.1) is 0 Å². The first-order chi connectivity index (χ1) is 30.7. The highest BCUT2D eigenvalue weighted by molar-refractivity contribution is 5.99. The average Bonchev–Trinajstić information content (AvgIpc) is 3.23. The quantitative estimate of drug-likeness (QED) is 0.0445. The summed E-state index contributed by atoms with van der Waals surface area (Å²) in [5.74, 6) is -2.01. The Balaban J connectivity index is 0.000000353. The Kier molecular flexibility index (Phi) is 20.3. The SMILES string of the molecule is COC(=O)[C@H](CN)NC(=O)c1c(C)nc(OCCCc2cccc(O)c2)nc1C.COC(=O)[C@H](CNC(=O)OC(C)(C)C)NC(=O)c1c(C)nc(OCCCc2cccc(O)c2)nc1C. The molecule has 0 fully saturated rings. The second-order valence-electron chi connectivity index (χ2n) is 15.6. The number of amides is 3. The number of nitrogens with one attached hydrogen (secondary N) is 3. The molecule has 352 valence electrons. The number of carbonyl (C=O) groups excluding carboxylic acids is 5. The molecule has 0 saturated carbocycles. The van der Waals surface area contributed by atoms with Crippen molar-refractivity contribution >= 4 is 29.8 Å². The van der Waals surface area contributed by atoms with Crippen molar-refractivity contribution in [3.63, 3.8) is 0 Å². The van der Waals surface area contributed by atoms with E-state index in [1.807, 2.05) is 12.1 Å². The summed E-state index contributed by atoms with van der Waals surface area (Å²) in [6.45, 7) is 12.1. The molecule has 0 radical (unpaired) electrons. The van der Waals surface area contributed by atoms with Crippen molar-refractivity contribution in [3.05, 3.63) is 93.6 Å². The summed E-state index contributed by atoms with van der Waals surface area (Å²) in [6, 6.07) is 12.3. The largest absolute Gasteiger partial charge is 0.508 e. The molecule has 4 aromatic rings. The van der Waals surface area contributed by atoms with E-state index >= 15 is 0 Å². The number of aryl methyl sites for hydroxylation is 6. The number of phenolic OH excluding ortho intramolecular Hbond substituents is 2. The number of aromatic hydroxyl groups is 2. The molecule has 2 atom stereocenters. The fourth-order valence-electron chi connectivity index (χ4n) is 6.11. The molecule has 2 heterocycles. The Bertz CT molecular complexity index is 2220. The van der Waals surface area contributed by atoms with Crippen molar-refractivity contribution in [1.29, 1.82) is 0 Å². The molecule has 0 spiro atoms. The van der Waals surface area contributed by atoms with Crippen LogP contribution in [0.2, 0.25) is 0 Å². The van der Waals surface area contributed by atoms with Gasteiger partial charge in [0.05, 0.1) is 67.9 Å². The number of alkyl carbamates (subject to hydrolysis) is 1. The second-order valence-corrected chi connectivity index (χ2v) is 15.6. The first-order valence-corrected chi connectivity index (χ1v) is 20.7. The summed E-state index contributed by atoms with van der Waals surface area (Å²) in [5.41, 5.74) is 8.84. The normalized spacial score (nSPS) is 11.7. The van der Waals surface area contributed by atoms with Crippen molar-refractivity contribution in [2.45, 2.75) is 91.8 Å². The fourth-order valence-corrected chi connectivity index (χ4v) is 6.11. The van der Waals surface area contributed by atoms with Crippen LogP contribution in [0.4, 0.5) is 4.79 Å². The zero-order valence-electron chi connectivity index (χ0n) is 38.3. The minimum atomic E-state index is -1.15. The van der Waals surface area contributed by atoms with Crippen LogP contribution in [-0.2, 0) is 36.6 Å². The number of hydrogen-bond acceptors (Lipinski definition) is 17. The maximum Gasteiger partial charge on any atom is 0.407 e. The molecule has 3 amide bonds. The van der Waals surface area contributed by atoms with Gasteiger partial charge in [-0.05, 0) is 110 Å². The van der Waals surface area contributed by atoms with Gasteiger partial charge in [0.2, 0.25) is 0 Å². The lowest BCUT2D eigenvalue weighted by Crippen LogP contribution is -2.49. The molecule has 20 nitrogen and oxygen atoms in total. The number of benzene rings is 2. The van der Waals surface area contributed by atoms with Crippen molar-refractivity contribution < 1.29 is 57.9 Å². The van der Waals surface area contributed by atoms with E-state index in [0.29, 0.717) is 55.3 Å². The number of nitrogens with two attached hydrogens (primary N) is 1. The molecule has 4 rings (SSSR count). The van der Waals surface area contributed by atoms with E-state index in [1.165, 1.54) is 14.2 Å². The molecule has 65 heavy (non-hydrogen) atoms. The molecular weight excluding hydrogens is 845 g/mol. The van der Waals surface area contributed by atoms with E-state index in [2.05, 4.69) is 40.6 Å². The molecule has 0 bridgehead atoms. The number of ether oxygens (including phenoxy) is 5. The predicted octanol–water partition coefficient (Wildman–Crippen LogP) is 3.65. The summed E-state index contributed by atoms with van der Waals surface area (Å²) in [6.07, 6.45) is 2.11. The number of methoxy groups -OCH3 is 2. The Labute approximate surface area is 378 Å². The maximum absolute atomic E-state index is 12.9. The van der Waals surface area contributed by atoms with E-state index in [4.69, 9.17) is 24.7 Å². The number of phenols is 2. The molecule has 20 heteroatoms. The zero-order chi connectivity index (χ0) is 48.3. The van der Waals surface area contributed by atoms with Crippen molar-refractivity contribution in [2.24, 2.45) is 5.73 Å². The standard InChI is InChI=1S/C25H34N4O7.C20H26N4O5/c1-15-20(21(31)29-19(22(32)34-6)14-26-24(33)36-25(3,4)5)16(2)28-23(27-15)35-12-8-10-17-9-7-11-18(30)13-17;1-12-17(18(26)24-16(11-21)19(27)28-3)13(2)23-20(22-12)29-9-5-7-14-6-4-8-15(25)10-14/h7,9,11,13,19,30H,8,10,12,14H2,1-6H3,(H,26,33)(H,29,31);4,6,8,10,16,25H,5,7,9,11,21H2,1-3H3,(H,24,26)/t19-;16-/m00/s1. The number of esters is 2. The zero-order valence-corrected chi connectivity index (χ0v) is 38.3. The number of rotatable bonds is 19. The third kappa shape index (κ3) is 17.5. The predicted molar refractivity (Wildman–Crippen MR) is 237 cm³/mol. The lowest BCUT2D eigenvalue weighted by atomic mass is 10.1. The first kappa shape index (κ1) is 52.3. The van der Waals surface area contributed by atoms with Gasteiger partial charge in [0.15, 0.2) is 0 Å². The van der Waals surface area contributed by atoms with Crippen LogP contribution >= 0.6 is 0 Å². The minimum Gasteiger partial charge on any atom is -0.508 e. The van der Waals surface area contributed by atoms with E-state index in [-0.39, 0.29) is 47.7 Å².